The number of benzene rings is 1. The minimum atomic E-state index is -2.17. The van der Waals surface area contributed by atoms with Crippen molar-refractivity contribution < 1.29 is 33.1 Å². The molecule has 1 aliphatic rings. The highest BCUT2D eigenvalue weighted by molar-refractivity contribution is 6.74. The lowest BCUT2D eigenvalue weighted by Gasteiger charge is -2.37. The number of carbonyl (C=O) groups is 4. The van der Waals surface area contributed by atoms with Crippen LogP contribution in [0.4, 0.5) is 0 Å². The molecule has 1 aromatic carbocycles. The number of carbonyl (C=O) groups excluding carboxylic acids is 4. The first-order valence-electron chi connectivity index (χ1n) is 17.4. The number of alkyl halides is 3. The third-order valence-corrected chi connectivity index (χ3v) is 14.1. The van der Waals surface area contributed by atoms with Crippen LogP contribution < -0.4 is 20.5 Å². The predicted molar refractivity (Wildman–Crippen MR) is 205 cm³/mol. The van der Waals surface area contributed by atoms with E-state index in [1.165, 1.54) is 5.01 Å². The smallest absolute Gasteiger partial charge is 0.325 e. The molecular weight excluding hydrogens is 735 g/mol. The van der Waals surface area contributed by atoms with Crippen LogP contribution in [0.15, 0.2) is 36.9 Å². The van der Waals surface area contributed by atoms with E-state index in [9.17, 15) is 19.2 Å². The van der Waals surface area contributed by atoms with E-state index in [1.54, 1.807) is 20.1 Å². The van der Waals surface area contributed by atoms with Gasteiger partial charge >= 0.3 is 5.97 Å². The van der Waals surface area contributed by atoms with Gasteiger partial charge in [-0.2, -0.15) is 0 Å². The Kier molecular flexibility index (Phi) is 17.3. The molecule has 288 valence electrons. The zero-order valence-corrected chi connectivity index (χ0v) is 34.7. The van der Waals surface area contributed by atoms with E-state index < -0.39 is 60.5 Å². The van der Waals surface area contributed by atoms with Gasteiger partial charge in [-0.05, 0) is 67.4 Å². The summed E-state index contributed by atoms with van der Waals surface area (Å²) in [5.74, 6) is -2.17. The first-order chi connectivity index (χ1) is 23.6. The number of esters is 1. The van der Waals surface area contributed by atoms with E-state index in [2.05, 4.69) is 56.5 Å². The highest BCUT2D eigenvalue weighted by Gasteiger charge is 2.40. The number of hydrazine groups is 1. The summed E-state index contributed by atoms with van der Waals surface area (Å²) < 4.78 is 15.5. The molecule has 0 spiro atoms. The lowest BCUT2D eigenvalue weighted by Crippen LogP contribution is -2.62. The molecule has 1 heterocycles. The van der Waals surface area contributed by atoms with Gasteiger partial charge in [-0.1, -0.05) is 94.6 Å². The number of methoxy groups -OCH3 is 1. The molecular formula is C36H57Cl3N4O7Si. The standard InChI is InChI=1S/C36H57Cl3N4O7Si/c1-11-12-18-29(48-8)24(4)31(44)41-30(23(2)3)32(45)40-28(21-25-15-13-16-26(20-25)50-51(9,10)35(5,6)7)33(46)43-19-14-17-27(42-43)34(47)49-22-36(37,38)39/h11,13,15-16,20,23-24,27-30,42H,1,12,14,17-19,21-22H2,2-10H3,(H,40,45)(H,41,44)/t24-,27+,28+,29-,30+/m1/s1. The minimum absolute atomic E-state index is 0.0331. The predicted octanol–water partition coefficient (Wildman–Crippen LogP) is 6.27. The number of hydrogen-bond acceptors (Lipinski definition) is 8. The Balaban J connectivity index is 2.38. The van der Waals surface area contributed by atoms with Crippen LogP contribution in [0.25, 0.3) is 0 Å². The molecule has 0 radical (unpaired) electrons. The van der Waals surface area contributed by atoms with Crippen LogP contribution in [-0.2, 0) is 35.1 Å². The van der Waals surface area contributed by atoms with Gasteiger partial charge in [0.05, 0.1) is 12.0 Å². The number of allylic oxidation sites excluding steroid dienone is 1. The number of nitrogens with one attached hydrogen (secondary N) is 3. The first-order valence-corrected chi connectivity index (χ1v) is 21.5. The van der Waals surface area contributed by atoms with Gasteiger partial charge in [0, 0.05) is 20.1 Å². The van der Waals surface area contributed by atoms with Crippen molar-refractivity contribution in [3.05, 3.63) is 42.5 Å². The normalized spacial score (nSPS) is 17.9. The number of hydrogen-bond donors (Lipinski definition) is 3. The Morgan fingerprint density at radius 2 is 1.76 bits per heavy atom. The second kappa shape index (κ2) is 19.6. The molecule has 3 N–H and O–H groups in total. The van der Waals surface area contributed by atoms with E-state index >= 15 is 0 Å². The van der Waals surface area contributed by atoms with E-state index in [0.29, 0.717) is 31.4 Å². The molecule has 1 aromatic rings. The highest BCUT2D eigenvalue weighted by Crippen LogP contribution is 2.37. The number of amides is 3. The van der Waals surface area contributed by atoms with Gasteiger partial charge in [-0.3, -0.25) is 24.2 Å². The van der Waals surface area contributed by atoms with Gasteiger partial charge in [-0.25, -0.2) is 5.43 Å². The largest absolute Gasteiger partial charge is 0.543 e. The van der Waals surface area contributed by atoms with Gasteiger partial charge < -0.3 is 24.5 Å². The Bertz CT molecular complexity index is 1350. The second-order valence-electron chi connectivity index (χ2n) is 15.0. The average Bonchev–Trinajstić information content (AvgIpc) is 3.04. The fraction of sp³-hybridized carbons (Fsp3) is 0.667. The van der Waals surface area contributed by atoms with E-state index in [4.69, 9.17) is 48.7 Å². The molecule has 2 rings (SSSR count). The third kappa shape index (κ3) is 14.2. The monoisotopic (exact) mass is 790 g/mol. The van der Waals surface area contributed by atoms with Crippen LogP contribution in [-0.4, -0.2) is 85.3 Å². The van der Waals surface area contributed by atoms with Crippen molar-refractivity contribution >= 4 is 66.8 Å². The summed E-state index contributed by atoms with van der Waals surface area (Å²) in [4.78, 5) is 54.3. The molecule has 0 unspecified atom stereocenters. The van der Waals surface area contributed by atoms with Crippen LogP contribution in [0.3, 0.4) is 0 Å². The number of rotatable bonds is 17. The summed E-state index contributed by atoms with van der Waals surface area (Å²) in [5, 5.41) is 7.09. The summed E-state index contributed by atoms with van der Waals surface area (Å²) in [6.07, 6.45) is 3.66. The second-order valence-corrected chi connectivity index (χ2v) is 22.2. The fourth-order valence-electron chi connectivity index (χ4n) is 5.28. The lowest BCUT2D eigenvalue weighted by molar-refractivity contribution is -0.153. The molecule has 5 atom stereocenters. The van der Waals surface area contributed by atoms with Gasteiger partial charge in [-0.15, -0.1) is 6.58 Å². The quantitative estimate of drug-likeness (QED) is 0.0729. The maximum absolute atomic E-state index is 14.2. The van der Waals surface area contributed by atoms with Crippen LogP contribution in [0.5, 0.6) is 5.75 Å². The van der Waals surface area contributed by atoms with E-state index in [-0.39, 0.29) is 35.9 Å². The Morgan fingerprint density at radius 1 is 1.10 bits per heavy atom. The molecule has 51 heavy (non-hydrogen) atoms. The summed E-state index contributed by atoms with van der Waals surface area (Å²) in [7, 11) is -0.621. The van der Waals surface area contributed by atoms with Crippen molar-refractivity contribution in [2.45, 2.75) is 120 Å². The topological polar surface area (TPSA) is 135 Å². The molecule has 0 aromatic heterocycles. The molecule has 1 aliphatic heterocycles. The summed E-state index contributed by atoms with van der Waals surface area (Å²) in [6.45, 7) is 19.7. The number of ether oxygens (including phenoxy) is 2. The number of halogens is 3. The SMILES string of the molecule is C=CCC[C@@H](OC)[C@@H](C)C(=O)N[C@H](C(=O)N[C@@H](Cc1cccc(O[Si](C)(C)C(C)(C)C)c1)C(=O)N1CCC[C@@H](C(=O)OCC(Cl)(Cl)Cl)N1)C(C)C. The van der Waals surface area contributed by atoms with Crippen molar-refractivity contribution in [3.8, 4) is 5.75 Å². The van der Waals surface area contributed by atoms with Crippen molar-refractivity contribution in [1.29, 1.82) is 0 Å². The zero-order chi connectivity index (χ0) is 38.7. The summed E-state index contributed by atoms with van der Waals surface area (Å²) in [5.41, 5.74) is 3.70. The van der Waals surface area contributed by atoms with Crippen molar-refractivity contribution in [3.63, 3.8) is 0 Å². The van der Waals surface area contributed by atoms with Crippen LogP contribution in [0, 0.1) is 11.8 Å². The molecule has 1 saturated heterocycles. The van der Waals surface area contributed by atoms with Gasteiger partial charge in [0.15, 0.2) is 0 Å². The van der Waals surface area contributed by atoms with Gasteiger partial charge in [0.25, 0.3) is 5.91 Å². The molecule has 0 aliphatic carbocycles. The Labute approximate surface area is 319 Å². The average molecular weight is 792 g/mol. The molecule has 11 nitrogen and oxygen atoms in total. The van der Waals surface area contributed by atoms with Gasteiger partial charge in [0.1, 0.15) is 30.5 Å². The highest BCUT2D eigenvalue weighted by atomic mass is 35.6. The molecule has 0 saturated carbocycles. The molecule has 15 heteroatoms. The Hall–Kier alpha value is -2.35. The fourth-order valence-corrected chi connectivity index (χ4v) is 6.47. The summed E-state index contributed by atoms with van der Waals surface area (Å²) in [6, 6.07) is 4.60. The number of nitrogens with zero attached hydrogens (tertiary/aromatic N) is 1. The van der Waals surface area contributed by atoms with Crippen molar-refractivity contribution in [1.82, 2.24) is 21.1 Å². The molecule has 1 fully saturated rings. The maximum atomic E-state index is 14.2. The molecule has 3 amide bonds. The lowest BCUT2D eigenvalue weighted by atomic mass is 9.96. The van der Waals surface area contributed by atoms with Crippen LogP contribution >= 0.6 is 34.8 Å². The van der Waals surface area contributed by atoms with Gasteiger partial charge in [0.2, 0.25) is 23.9 Å². The first kappa shape index (κ1) is 44.8. The third-order valence-electron chi connectivity index (χ3n) is 9.42. The van der Waals surface area contributed by atoms with Crippen LogP contribution in [0.2, 0.25) is 18.1 Å². The van der Waals surface area contributed by atoms with Crippen molar-refractivity contribution in [2.75, 3.05) is 20.3 Å². The molecule has 0 bridgehead atoms. The Morgan fingerprint density at radius 3 is 2.33 bits per heavy atom. The van der Waals surface area contributed by atoms with Crippen LogP contribution in [0.1, 0.15) is 72.8 Å². The van der Waals surface area contributed by atoms with E-state index in [1.807, 2.05) is 38.1 Å². The van der Waals surface area contributed by atoms with E-state index in [0.717, 1.165) is 5.56 Å². The summed E-state index contributed by atoms with van der Waals surface area (Å²) >= 11 is 17.3. The minimum Gasteiger partial charge on any atom is -0.543 e. The zero-order valence-electron chi connectivity index (χ0n) is 31.4. The maximum Gasteiger partial charge on any atom is 0.325 e. The van der Waals surface area contributed by atoms with Crippen molar-refractivity contribution in [2.24, 2.45) is 11.8 Å².